The number of rotatable bonds is 8. The van der Waals surface area contributed by atoms with Crippen LogP contribution in [0.5, 0.6) is 0 Å². The second kappa shape index (κ2) is 13.3. The molecule has 0 aliphatic heterocycles. The highest BCUT2D eigenvalue weighted by Gasteiger charge is 2.25. The monoisotopic (exact) mass is 695 g/mol. The fourth-order valence-corrected chi connectivity index (χ4v) is 7.35. The number of hydrogen-bond acceptors (Lipinski definition) is 5. The molecule has 0 aliphatic rings. The minimum atomic E-state index is 0.557. The second-order valence-corrected chi connectivity index (χ2v) is 13.2. The van der Waals surface area contributed by atoms with Crippen LogP contribution in [0.3, 0.4) is 0 Å². The summed E-state index contributed by atoms with van der Waals surface area (Å²) in [5, 5.41) is 2.14. The Morgan fingerprint density at radius 3 is 1.57 bits per heavy atom. The van der Waals surface area contributed by atoms with Crippen LogP contribution >= 0.6 is 0 Å². The molecule has 8 aromatic carbocycles. The van der Waals surface area contributed by atoms with Crippen molar-refractivity contribution in [3.63, 3.8) is 0 Å². The Labute approximate surface area is 312 Å². The number of nitrogens with zero attached hydrogens (tertiary/aromatic N) is 3. The lowest BCUT2D eigenvalue weighted by Crippen LogP contribution is -2.13. The lowest BCUT2D eigenvalue weighted by atomic mass is 10.0. The van der Waals surface area contributed by atoms with E-state index in [1.165, 1.54) is 5.56 Å². The Bertz CT molecular complexity index is 2870. The topological polar surface area (TPSA) is 45.7 Å². The van der Waals surface area contributed by atoms with Gasteiger partial charge >= 0.3 is 0 Å². The molecule has 10 aromatic rings. The van der Waals surface area contributed by atoms with Gasteiger partial charge in [-0.15, -0.1) is 0 Å². The van der Waals surface area contributed by atoms with Gasteiger partial charge in [0.2, 0.25) is 5.89 Å². The first-order valence-corrected chi connectivity index (χ1v) is 18.0. The summed E-state index contributed by atoms with van der Waals surface area (Å²) < 4.78 is 13.4. The average Bonchev–Trinajstić information content (AvgIpc) is 3.86. The summed E-state index contributed by atoms with van der Waals surface area (Å²) in [7, 11) is 0. The van der Waals surface area contributed by atoms with Gasteiger partial charge in [0.25, 0.3) is 0 Å². The number of oxazole rings is 1. The van der Waals surface area contributed by atoms with Crippen molar-refractivity contribution in [1.29, 1.82) is 0 Å². The van der Waals surface area contributed by atoms with Gasteiger partial charge in [-0.05, 0) is 83.9 Å². The van der Waals surface area contributed by atoms with Crippen LogP contribution in [0.4, 0.5) is 34.1 Å². The Balaban J connectivity index is 1.24. The molecule has 2 heterocycles. The van der Waals surface area contributed by atoms with E-state index < -0.39 is 0 Å². The van der Waals surface area contributed by atoms with Crippen molar-refractivity contribution >= 4 is 67.2 Å². The zero-order valence-corrected chi connectivity index (χ0v) is 29.2. The smallest absolute Gasteiger partial charge is 0.227 e. The summed E-state index contributed by atoms with van der Waals surface area (Å²) in [6.07, 6.45) is 0. The Morgan fingerprint density at radius 1 is 0.352 bits per heavy atom. The molecule has 0 bridgehead atoms. The second-order valence-electron chi connectivity index (χ2n) is 13.2. The number of furan rings is 1. The molecule has 0 amide bonds. The molecule has 0 spiro atoms. The predicted octanol–water partition coefficient (Wildman–Crippen LogP) is 14.0. The number of benzene rings is 8. The SMILES string of the molecule is c1ccc(-c2ccc(N(c3ccccc3)c3cc(N(c4ccccc4)c4cccc5c4oc4ccccc45)cc4nc(-c5ccccc5)oc34)cc2)cc1. The van der Waals surface area contributed by atoms with E-state index in [0.717, 1.165) is 72.7 Å². The summed E-state index contributed by atoms with van der Waals surface area (Å²) >= 11 is 0. The predicted molar refractivity (Wildman–Crippen MR) is 222 cm³/mol. The summed E-state index contributed by atoms with van der Waals surface area (Å²) in [4.78, 5) is 9.66. The van der Waals surface area contributed by atoms with Gasteiger partial charge in [-0.25, -0.2) is 4.98 Å². The van der Waals surface area contributed by atoms with Gasteiger partial charge in [-0.1, -0.05) is 127 Å². The summed E-state index contributed by atoms with van der Waals surface area (Å²) in [5.41, 5.74) is 12.0. The number of anilines is 6. The van der Waals surface area contributed by atoms with E-state index in [1.807, 2.05) is 60.7 Å². The molecule has 0 aliphatic carbocycles. The van der Waals surface area contributed by atoms with E-state index in [1.54, 1.807) is 0 Å². The Hall–Kier alpha value is -7.37. The van der Waals surface area contributed by atoms with Crippen molar-refractivity contribution in [2.75, 3.05) is 9.80 Å². The van der Waals surface area contributed by atoms with Crippen molar-refractivity contribution in [2.45, 2.75) is 0 Å². The molecule has 0 saturated heterocycles. The molecule has 10 rings (SSSR count). The van der Waals surface area contributed by atoms with E-state index in [2.05, 4.69) is 149 Å². The lowest BCUT2D eigenvalue weighted by molar-refractivity contribution is 0.620. The maximum atomic E-state index is 6.77. The highest BCUT2D eigenvalue weighted by molar-refractivity contribution is 6.11. The maximum absolute atomic E-state index is 6.77. The van der Waals surface area contributed by atoms with Crippen LogP contribution in [-0.4, -0.2) is 4.98 Å². The van der Waals surface area contributed by atoms with Crippen LogP contribution in [0, 0.1) is 0 Å². The normalized spacial score (nSPS) is 11.3. The molecule has 256 valence electrons. The van der Waals surface area contributed by atoms with Gasteiger partial charge in [0, 0.05) is 33.4 Å². The van der Waals surface area contributed by atoms with Crippen molar-refractivity contribution in [3.8, 4) is 22.6 Å². The van der Waals surface area contributed by atoms with Gasteiger partial charge in [0.05, 0.1) is 17.1 Å². The van der Waals surface area contributed by atoms with Gasteiger partial charge in [0.1, 0.15) is 11.1 Å². The highest BCUT2D eigenvalue weighted by atomic mass is 16.3. The molecule has 0 saturated carbocycles. The van der Waals surface area contributed by atoms with E-state index in [9.17, 15) is 0 Å². The first kappa shape index (κ1) is 31.4. The fraction of sp³-hybridized carbons (Fsp3) is 0. The third-order valence-electron chi connectivity index (χ3n) is 9.86. The third kappa shape index (κ3) is 5.56. The third-order valence-corrected chi connectivity index (χ3v) is 9.86. The molecular weight excluding hydrogens is 663 g/mol. The molecule has 0 N–H and O–H groups in total. The van der Waals surface area contributed by atoms with Crippen LogP contribution in [0.1, 0.15) is 0 Å². The average molecular weight is 696 g/mol. The van der Waals surface area contributed by atoms with E-state index in [0.29, 0.717) is 11.5 Å². The largest absolute Gasteiger partial charge is 0.454 e. The van der Waals surface area contributed by atoms with Crippen LogP contribution in [-0.2, 0) is 0 Å². The van der Waals surface area contributed by atoms with E-state index >= 15 is 0 Å². The van der Waals surface area contributed by atoms with Crippen molar-refractivity contribution < 1.29 is 8.83 Å². The Morgan fingerprint density at radius 2 is 0.889 bits per heavy atom. The molecule has 5 nitrogen and oxygen atoms in total. The zero-order chi connectivity index (χ0) is 35.8. The number of fused-ring (bicyclic) bond motifs is 4. The minimum absolute atomic E-state index is 0.557. The fourth-order valence-electron chi connectivity index (χ4n) is 7.35. The van der Waals surface area contributed by atoms with Crippen LogP contribution < -0.4 is 9.80 Å². The van der Waals surface area contributed by atoms with Gasteiger partial charge in [0.15, 0.2) is 11.2 Å². The Kier molecular flexibility index (Phi) is 7.73. The number of aromatic nitrogens is 1. The van der Waals surface area contributed by atoms with Crippen molar-refractivity contribution in [1.82, 2.24) is 4.98 Å². The molecule has 2 aromatic heterocycles. The standard InChI is InChI=1S/C49H33N3O2/c1-5-16-34(17-6-1)35-28-30-39(31-29-35)51(37-20-9-3-10-21-37)45-33-40(32-43-48(45)54-49(50-43)36-18-7-2-8-19-36)52(38-22-11-4-12-23-38)44-26-15-25-42-41-24-13-14-27-46(41)53-47(42)44/h1-33H. The molecular formula is C49H33N3O2. The van der Waals surface area contributed by atoms with E-state index in [4.69, 9.17) is 13.8 Å². The number of para-hydroxylation sites is 4. The van der Waals surface area contributed by atoms with Gasteiger partial charge in [-0.2, -0.15) is 0 Å². The summed E-state index contributed by atoms with van der Waals surface area (Å²) in [6, 6.07) is 68.9. The summed E-state index contributed by atoms with van der Waals surface area (Å²) in [5.74, 6) is 0.557. The number of hydrogen-bond donors (Lipinski definition) is 0. The molecule has 5 heteroatoms. The molecule has 0 atom stereocenters. The molecule has 0 unspecified atom stereocenters. The minimum Gasteiger partial charge on any atom is -0.454 e. The van der Waals surface area contributed by atoms with Gasteiger partial charge < -0.3 is 18.6 Å². The quantitative estimate of drug-likeness (QED) is 0.158. The maximum Gasteiger partial charge on any atom is 0.227 e. The van der Waals surface area contributed by atoms with Gasteiger partial charge in [-0.3, -0.25) is 0 Å². The molecule has 0 fully saturated rings. The summed E-state index contributed by atoms with van der Waals surface area (Å²) in [6.45, 7) is 0. The lowest BCUT2D eigenvalue weighted by Gasteiger charge is -2.29. The first-order valence-electron chi connectivity index (χ1n) is 18.0. The molecule has 54 heavy (non-hydrogen) atoms. The zero-order valence-electron chi connectivity index (χ0n) is 29.2. The van der Waals surface area contributed by atoms with Crippen LogP contribution in [0.25, 0.3) is 55.6 Å². The van der Waals surface area contributed by atoms with Crippen LogP contribution in [0.2, 0.25) is 0 Å². The van der Waals surface area contributed by atoms with Crippen molar-refractivity contribution in [3.05, 3.63) is 200 Å². The van der Waals surface area contributed by atoms with E-state index in [-0.39, 0.29) is 0 Å². The first-order chi connectivity index (χ1) is 26.8. The highest BCUT2D eigenvalue weighted by Crippen LogP contribution is 2.47. The van der Waals surface area contributed by atoms with Crippen LogP contribution in [0.15, 0.2) is 209 Å². The molecule has 0 radical (unpaired) electrons. The van der Waals surface area contributed by atoms with Crippen molar-refractivity contribution in [2.24, 2.45) is 0 Å².